The van der Waals surface area contributed by atoms with Crippen molar-refractivity contribution in [2.24, 2.45) is 0 Å². The number of nitrogens with zero attached hydrogens (tertiary/aromatic N) is 3. The van der Waals surface area contributed by atoms with Crippen molar-refractivity contribution in [2.45, 2.75) is 6.54 Å². The van der Waals surface area contributed by atoms with Gasteiger partial charge in [-0.1, -0.05) is 36.4 Å². The van der Waals surface area contributed by atoms with E-state index in [1.165, 1.54) is 18.3 Å². The molecule has 0 unspecified atom stereocenters. The van der Waals surface area contributed by atoms with E-state index in [1.807, 2.05) is 30.3 Å². The van der Waals surface area contributed by atoms with E-state index < -0.39 is 0 Å². The lowest BCUT2D eigenvalue weighted by Gasteiger charge is -2.07. The molecular weight excluding hydrogens is 281 g/mol. The first-order valence-corrected chi connectivity index (χ1v) is 6.80. The largest absolute Gasteiger partial charge is 0.349 e. The molecule has 3 aromatic rings. The summed E-state index contributed by atoms with van der Waals surface area (Å²) in [5.41, 5.74) is 1.73. The molecule has 0 atom stereocenters. The van der Waals surface area contributed by atoms with Gasteiger partial charge in [-0.05, 0) is 23.8 Å². The molecule has 6 heteroatoms. The summed E-state index contributed by atoms with van der Waals surface area (Å²) in [6.07, 6.45) is 1.48. The van der Waals surface area contributed by atoms with Gasteiger partial charge in [0.05, 0.1) is 6.20 Å². The molecule has 0 spiro atoms. The number of halogens is 1. The lowest BCUT2D eigenvalue weighted by atomic mass is 10.2. The third-order valence-corrected chi connectivity index (χ3v) is 2.95. The molecule has 1 heterocycles. The average Bonchev–Trinajstić information content (AvgIpc) is 2.54. The van der Waals surface area contributed by atoms with Crippen LogP contribution in [0.5, 0.6) is 0 Å². The highest BCUT2D eigenvalue weighted by Gasteiger charge is 2.02. The van der Waals surface area contributed by atoms with Gasteiger partial charge in [0.2, 0.25) is 5.95 Å². The summed E-state index contributed by atoms with van der Waals surface area (Å²) in [5.74, 6) is 0.593. The van der Waals surface area contributed by atoms with Crippen LogP contribution in [0.4, 0.5) is 21.8 Å². The summed E-state index contributed by atoms with van der Waals surface area (Å²) in [6, 6.07) is 16.1. The summed E-state index contributed by atoms with van der Waals surface area (Å²) in [7, 11) is 0. The molecule has 22 heavy (non-hydrogen) atoms. The molecule has 0 saturated heterocycles. The molecule has 2 N–H and O–H groups in total. The fourth-order valence-corrected chi connectivity index (χ4v) is 1.93. The Morgan fingerprint density at radius 3 is 2.68 bits per heavy atom. The zero-order valence-electron chi connectivity index (χ0n) is 11.7. The van der Waals surface area contributed by atoms with Crippen LogP contribution in [0.2, 0.25) is 0 Å². The minimum Gasteiger partial charge on any atom is -0.349 e. The van der Waals surface area contributed by atoms with Crippen LogP contribution in [-0.2, 0) is 6.54 Å². The van der Waals surface area contributed by atoms with Crippen molar-refractivity contribution in [3.05, 3.63) is 72.2 Å². The molecule has 3 rings (SSSR count). The standard InChI is InChI=1S/C16H14FN5/c17-13-7-4-8-14(9-13)20-15-11-19-22-16(21-15)18-10-12-5-2-1-3-6-12/h1-9,11H,10H2,(H2,18,20,21,22). The molecule has 0 amide bonds. The normalized spacial score (nSPS) is 10.2. The van der Waals surface area contributed by atoms with Crippen LogP contribution >= 0.6 is 0 Å². The first-order valence-electron chi connectivity index (χ1n) is 6.80. The molecule has 110 valence electrons. The van der Waals surface area contributed by atoms with E-state index in [0.717, 1.165) is 5.56 Å². The zero-order valence-corrected chi connectivity index (χ0v) is 11.7. The molecular formula is C16H14FN5. The lowest BCUT2D eigenvalue weighted by molar-refractivity contribution is 0.628. The third kappa shape index (κ3) is 3.76. The van der Waals surface area contributed by atoms with Gasteiger partial charge in [0.15, 0.2) is 5.82 Å². The molecule has 1 aromatic heterocycles. The van der Waals surface area contributed by atoms with Crippen molar-refractivity contribution in [2.75, 3.05) is 10.6 Å². The van der Waals surface area contributed by atoms with Gasteiger partial charge in [-0.2, -0.15) is 10.1 Å². The predicted molar refractivity (Wildman–Crippen MR) is 83.3 cm³/mol. The maximum Gasteiger partial charge on any atom is 0.244 e. The van der Waals surface area contributed by atoms with Gasteiger partial charge in [0.25, 0.3) is 0 Å². The van der Waals surface area contributed by atoms with E-state index in [1.54, 1.807) is 12.1 Å². The minimum atomic E-state index is -0.311. The molecule has 0 fully saturated rings. The lowest BCUT2D eigenvalue weighted by Crippen LogP contribution is -2.06. The second-order valence-electron chi connectivity index (χ2n) is 4.64. The number of anilines is 3. The number of hydrogen-bond acceptors (Lipinski definition) is 5. The summed E-state index contributed by atoms with van der Waals surface area (Å²) < 4.78 is 13.2. The number of aromatic nitrogens is 3. The molecule has 0 bridgehead atoms. The van der Waals surface area contributed by atoms with Gasteiger partial charge in [-0.15, -0.1) is 5.10 Å². The van der Waals surface area contributed by atoms with Crippen molar-refractivity contribution in [3.63, 3.8) is 0 Å². The van der Waals surface area contributed by atoms with Crippen molar-refractivity contribution >= 4 is 17.5 Å². The fraction of sp³-hybridized carbons (Fsp3) is 0.0625. The molecule has 0 aliphatic heterocycles. The quantitative estimate of drug-likeness (QED) is 0.755. The summed E-state index contributed by atoms with van der Waals surface area (Å²) in [5, 5.41) is 13.9. The third-order valence-electron chi connectivity index (χ3n) is 2.95. The van der Waals surface area contributed by atoms with Crippen LogP contribution in [0.15, 0.2) is 60.8 Å². The first kappa shape index (κ1) is 13.9. The highest BCUT2D eigenvalue weighted by atomic mass is 19.1. The number of rotatable bonds is 5. The van der Waals surface area contributed by atoms with Crippen molar-refractivity contribution in [1.29, 1.82) is 0 Å². The Morgan fingerprint density at radius 1 is 1.00 bits per heavy atom. The topological polar surface area (TPSA) is 62.7 Å². The minimum absolute atomic E-state index is 0.311. The second kappa shape index (κ2) is 6.62. The van der Waals surface area contributed by atoms with E-state index >= 15 is 0 Å². The Hall–Kier alpha value is -3.02. The molecule has 0 saturated carbocycles. The summed E-state index contributed by atoms with van der Waals surface area (Å²) in [4.78, 5) is 4.29. The average molecular weight is 295 g/mol. The Labute approximate surface area is 127 Å². The van der Waals surface area contributed by atoms with Crippen molar-refractivity contribution in [1.82, 2.24) is 15.2 Å². The maximum atomic E-state index is 13.2. The number of nitrogens with one attached hydrogen (secondary N) is 2. The Bertz CT molecular complexity index is 748. The van der Waals surface area contributed by atoms with Crippen LogP contribution in [0.1, 0.15) is 5.56 Å². The van der Waals surface area contributed by atoms with Crippen LogP contribution in [-0.4, -0.2) is 15.2 Å². The number of benzene rings is 2. The molecule has 0 aliphatic rings. The molecule has 2 aromatic carbocycles. The van der Waals surface area contributed by atoms with Gasteiger partial charge in [0, 0.05) is 12.2 Å². The highest BCUT2D eigenvalue weighted by Crippen LogP contribution is 2.15. The van der Waals surface area contributed by atoms with Crippen LogP contribution in [0.25, 0.3) is 0 Å². The molecule has 5 nitrogen and oxygen atoms in total. The second-order valence-corrected chi connectivity index (χ2v) is 4.64. The molecule has 0 aliphatic carbocycles. The van der Waals surface area contributed by atoms with E-state index in [2.05, 4.69) is 25.8 Å². The molecule has 0 radical (unpaired) electrons. The monoisotopic (exact) mass is 295 g/mol. The first-order chi connectivity index (χ1) is 10.8. The van der Waals surface area contributed by atoms with E-state index in [0.29, 0.717) is 24.0 Å². The van der Waals surface area contributed by atoms with E-state index in [-0.39, 0.29) is 5.82 Å². The van der Waals surface area contributed by atoms with Gasteiger partial charge in [-0.25, -0.2) is 4.39 Å². The van der Waals surface area contributed by atoms with E-state index in [9.17, 15) is 4.39 Å². The van der Waals surface area contributed by atoms with Crippen LogP contribution < -0.4 is 10.6 Å². The highest BCUT2D eigenvalue weighted by molar-refractivity contribution is 5.55. The maximum absolute atomic E-state index is 13.2. The van der Waals surface area contributed by atoms with Gasteiger partial charge >= 0.3 is 0 Å². The van der Waals surface area contributed by atoms with Crippen LogP contribution in [0.3, 0.4) is 0 Å². The Kier molecular flexibility index (Phi) is 4.20. The number of hydrogen-bond donors (Lipinski definition) is 2. The zero-order chi connectivity index (χ0) is 15.2. The van der Waals surface area contributed by atoms with Gasteiger partial charge in [0.1, 0.15) is 5.82 Å². The Morgan fingerprint density at radius 2 is 1.86 bits per heavy atom. The summed E-state index contributed by atoms with van der Waals surface area (Å²) in [6.45, 7) is 0.603. The SMILES string of the molecule is Fc1cccc(Nc2cnnc(NCc3ccccc3)n2)c1. The predicted octanol–water partition coefficient (Wildman–Crippen LogP) is 3.37. The van der Waals surface area contributed by atoms with Crippen molar-refractivity contribution in [3.8, 4) is 0 Å². The van der Waals surface area contributed by atoms with Crippen molar-refractivity contribution < 1.29 is 4.39 Å². The fourth-order valence-electron chi connectivity index (χ4n) is 1.93. The van der Waals surface area contributed by atoms with Gasteiger partial charge in [-0.3, -0.25) is 0 Å². The van der Waals surface area contributed by atoms with Crippen LogP contribution in [0, 0.1) is 5.82 Å². The Balaban J connectivity index is 1.67. The smallest absolute Gasteiger partial charge is 0.244 e. The summed E-state index contributed by atoms with van der Waals surface area (Å²) >= 11 is 0. The van der Waals surface area contributed by atoms with Gasteiger partial charge < -0.3 is 10.6 Å². The van der Waals surface area contributed by atoms with E-state index in [4.69, 9.17) is 0 Å².